The van der Waals surface area contributed by atoms with E-state index in [0.29, 0.717) is 44.0 Å². The first kappa shape index (κ1) is 26.0. The topological polar surface area (TPSA) is 94.9 Å². The summed E-state index contributed by atoms with van der Waals surface area (Å²) in [5, 5.41) is 12.2. The van der Waals surface area contributed by atoms with Crippen LogP contribution < -0.4 is 10.3 Å². The van der Waals surface area contributed by atoms with Crippen LogP contribution in [-0.2, 0) is 24.2 Å². The zero-order valence-corrected chi connectivity index (χ0v) is 21.7. The minimum absolute atomic E-state index is 0.106. The van der Waals surface area contributed by atoms with Gasteiger partial charge in [-0.25, -0.2) is 23.6 Å². The zero-order chi connectivity index (χ0) is 27.7. The number of hydrazine groups is 1. The van der Waals surface area contributed by atoms with Crippen LogP contribution in [0.3, 0.4) is 0 Å². The Morgan fingerprint density at radius 2 is 1.82 bits per heavy atom. The van der Waals surface area contributed by atoms with Crippen LogP contribution in [0.5, 0.6) is 0 Å². The van der Waals surface area contributed by atoms with E-state index >= 15 is 0 Å². The molecule has 2 bridgehead atoms. The summed E-state index contributed by atoms with van der Waals surface area (Å²) in [6, 6.07) is 17.4. The second kappa shape index (κ2) is 10.6. The molecule has 3 amide bonds. The average molecular weight is 547 g/mol. The van der Waals surface area contributed by atoms with Crippen molar-refractivity contribution in [3.63, 3.8) is 0 Å². The number of benzene rings is 3. The quantitative estimate of drug-likeness (QED) is 0.312. The van der Waals surface area contributed by atoms with Gasteiger partial charge in [0.05, 0.1) is 18.5 Å². The van der Waals surface area contributed by atoms with E-state index in [0.717, 1.165) is 9.58 Å². The molecule has 0 spiro atoms. The lowest BCUT2D eigenvalue weighted by molar-refractivity contribution is -0.124. The summed E-state index contributed by atoms with van der Waals surface area (Å²) in [6.07, 6.45) is 2.27. The number of nitrogens with one attached hydrogen (secondary N) is 1. The van der Waals surface area contributed by atoms with Crippen molar-refractivity contribution in [1.29, 1.82) is 0 Å². The first-order chi connectivity index (χ1) is 18.7. The summed E-state index contributed by atoms with van der Waals surface area (Å²) in [4.78, 5) is 40.5. The molecule has 0 saturated carbocycles. The van der Waals surface area contributed by atoms with E-state index in [1.54, 1.807) is 73.8 Å². The van der Waals surface area contributed by atoms with Crippen LogP contribution >= 0.6 is 11.6 Å². The lowest BCUT2D eigenvalue weighted by Crippen LogP contribution is -2.51. The number of amides is 3. The highest BCUT2D eigenvalue weighted by Crippen LogP contribution is 2.28. The Balaban J connectivity index is 1.60. The average Bonchev–Trinajstić information content (AvgIpc) is 3.20. The van der Waals surface area contributed by atoms with Crippen molar-refractivity contribution in [3.05, 3.63) is 106 Å². The fourth-order valence-corrected chi connectivity index (χ4v) is 4.93. The standard InChI is InChI=1S/C29H24ClFN4O4/c1-33(22-11-9-20(30)10-12-22)28(37)34-17-19-13-18(14-21(31)15-19)5-4-8-26-24(16-27(36)32-34)23-6-2-3-7-25(23)35(26)29(38)39/h2-7,9-15H,8,16-17H2,1H3,(H,32,36)(H,38,39)/b5-4-. The number of carbonyl (C=O) groups is 3. The lowest BCUT2D eigenvalue weighted by atomic mass is 10.0. The fourth-order valence-electron chi connectivity index (χ4n) is 4.80. The van der Waals surface area contributed by atoms with Crippen molar-refractivity contribution in [3.8, 4) is 0 Å². The number of halogens is 2. The maximum absolute atomic E-state index is 14.5. The molecule has 8 nitrogen and oxygen atoms in total. The molecule has 2 heterocycles. The van der Waals surface area contributed by atoms with Crippen LogP contribution in [0.1, 0.15) is 22.4 Å². The zero-order valence-electron chi connectivity index (χ0n) is 20.9. The Kier molecular flexibility index (Phi) is 7.08. The van der Waals surface area contributed by atoms with E-state index < -0.39 is 23.8 Å². The number of hydrogen-bond acceptors (Lipinski definition) is 3. The molecular weight excluding hydrogens is 523 g/mol. The summed E-state index contributed by atoms with van der Waals surface area (Å²) >= 11 is 5.99. The molecule has 1 aliphatic heterocycles. The highest BCUT2D eigenvalue weighted by Gasteiger charge is 2.26. The van der Waals surface area contributed by atoms with Crippen LogP contribution in [0, 0.1) is 5.82 Å². The van der Waals surface area contributed by atoms with E-state index in [1.807, 2.05) is 0 Å². The molecule has 1 aliphatic rings. The summed E-state index contributed by atoms with van der Waals surface area (Å²) in [6.45, 7) is -0.106. The van der Waals surface area contributed by atoms with E-state index in [-0.39, 0.29) is 19.4 Å². The van der Waals surface area contributed by atoms with E-state index in [4.69, 9.17) is 11.6 Å². The number of allylic oxidation sites excluding steroid dienone is 1. The molecule has 0 unspecified atom stereocenters. The Bertz CT molecular complexity index is 1630. The number of carboxylic acid groups (broad SMARTS) is 1. The van der Waals surface area contributed by atoms with Crippen molar-refractivity contribution in [2.75, 3.05) is 11.9 Å². The second-order valence-corrected chi connectivity index (χ2v) is 9.61. The van der Waals surface area contributed by atoms with Gasteiger partial charge in [0.2, 0.25) is 5.91 Å². The van der Waals surface area contributed by atoms with E-state index in [2.05, 4.69) is 5.43 Å². The molecule has 0 saturated heterocycles. The minimum Gasteiger partial charge on any atom is -0.464 e. The summed E-state index contributed by atoms with van der Waals surface area (Å²) in [5.41, 5.74) is 5.61. The number of hydrogen-bond donors (Lipinski definition) is 2. The number of aromatic nitrogens is 1. The molecule has 5 rings (SSSR count). The van der Waals surface area contributed by atoms with Gasteiger partial charge in [-0.05, 0) is 65.2 Å². The SMILES string of the molecule is CN(C(=O)N1Cc2cc(F)cc(c2)/C=C\Cc2c(c3ccccc3n2C(=O)O)CC(=O)N1)c1ccc(Cl)cc1. The molecule has 1 aromatic heterocycles. The first-order valence-electron chi connectivity index (χ1n) is 12.1. The molecule has 0 atom stereocenters. The van der Waals surface area contributed by atoms with Gasteiger partial charge in [-0.3, -0.25) is 15.1 Å². The number of urea groups is 1. The number of fused-ring (bicyclic) bond motifs is 5. The lowest BCUT2D eigenvalue weighted by Gasteiger charge is -2.29. The number of para-hydroxylation sites is 1. The number of rotatable bonds is 1. The molecule has 0 aliphatic carbocycles. The summed E-state index contributed by atoms with van der Waals surface area (Å²) in [7, 11) is 1.55. The smallest absolute Gasteiger partial charge is 0.416 e. The van der Waals surface area contributed by atoms with Crippen LogP contribution in [0.15, 0.2) is 72.8 Å². The molecule has 10 heteroatoms. The van der Waals surface area contributed by atoms with Gasteiger partial charge in [0.25, 0.3) is 0 Å². The van der Waals surface area contributed by atoms with Crippen molar-refractivity contribution in [2.24, 2.45) is 0 Å². The van der Waals surface area contributed by atoms with Crippen molar-refractivity contribution in [2.45, 2.75) is 19.4 Å². The maximum Gasteiger partial charge on any atom is 0.416 e. The summed E-state index contributed by atoms with van der Waals surface area (Å²) in [5.74, 6) is -1.03. The monoisotopic (exact) mass is 546 g/mol. The van der Waals surface area contributed by atoms with E-state index in [1.165, 1.54) is 17.0 Å². The maximum atomic E-state index is 14.5. The number of nitrogens with zero attached hydrogens (tertiary/aromatic N) is 3. The molecule has 0 fully saturated rings. The van der Waals surface area contributed by atoms with Crippen LogP contribution in [0.25, 0.3) is 17.0 Å². The fraction of sp³-hybridized carbons (Fsp3) is 0.138. The number of carbonyl (C=O) groups excluding carboxylic acids is 2. The van der Waals surface area contributed by atoms with Gasteiger partial charge in [-0.2, -0.15) is 0 Å². The molecule has 198 valence electrons. The van der Waals surface area contributed by atoms with Crippen LogP contribution in [0.2, 0.25) is 5.02 Å². The van der Waals surface area contributed by atoms with Crippen LogP contribution in [0.4, 0.5) is 19.7 Å². The Hall–Kier alpha value is -4.63. The van der Waals surface area contributed by atoms with Gasteiger partial charge < -0.3 is 5.11 Å². The van der Waals surface area contributed by atoms with Gasteiger partial charge in [0.1, 0.15) is 5.82 Å². The van der Waals surface area contributed by atoms with Gasteiger partial charge in [-0.15, -0.1) is 0 Å². The summed E-state index contributed by atoms with van der Waals surface area (Å²) < 4.78 is 15.7. The third-order valence-electron chi connectivity index (χ3n) is 6.55. The molecule has 2 N–H and O–H groups in total. The third kappa shape index (κ3) is 5.35. The number of anilines is 1. The Morgan fingerprint density at radius 3 is 2.56 bits per heavy atom. The molecule has 4 aromatic rings. The van der Waals surface area contributed by atoms with Crippen molar-refractivity contribution in [1.82, 2.24) is 15.0 Å². The van der Waals surface area contributed by atoms with Crippen molar-refractivity contribution < 1.29 is 23.9 Å². The van der Waals surface area contributed by atoms with E-state index in [9.17, 15) is 23.9 Å². The van der Waals surface area contributed by atoms with Crippen molar-refractivity contribution >= 4 is 52.3 Å². The Morgan fingerprint density at radius 1 is 1.08 bits per heavy atom. The third-order valence-corrected chi connectivity index (χ3v) is 6.80. The largest absolute Gasteiger partial charge is 0.464 e. The normalized spacial score (nSPS) is 14.4. The predicted octanol–water partition coefficient (Wildman–Crippen LogP) is 5.86. The molecule has 39 heavy (non-hydrogen) atoms. The molecular formula is C29H24ClFN4O4. The van der Waals surface area contributed by atoms with Crippen LogP contribution in [-0.4, -0.2) is 39.8 Å². The second-order valence-electron chi connectivity index (χ2n) is 9.18. The van der Waals surface area contributed by atoms with Gasteiger partial charge in [-0.1, -0.05) is 42.0 Å². The highest BCUT2D eigenvalue weighted by molar-refractivity contribution is 6.30. The Labute approximate surface area is 228 Å². The highest BCUT2D eigenvalue weighted by atomic mass is 35.5. The molecule has 3 aromatic carbocycles. The predicted molar refractivity (Wildman–Crippen MR) is 147 cm³/mol. The minimum atomic E-state index is -1.18. The first-order valence-corrected chi connectivity index (χ1v) is 12.5. The molecule has 0 radical (unpaired) electrons. The van der Waals surface area contributed by atoms with Gasteiger partial charge in [0, 0.05) is 35.3 Å². The van der Waals surface area contributed by atoms with Gasteiger partial charge >= 0.3 is 12.1 Å². The van der Waals surface area contributed by atoms with Gasteiger partial charge in [0.15, 0.2) is 0 Å².